The normalized spacial score (nSPS) is 12.0. The van der Waals surface area contributed by atoms with E-state index in [1.54, 1.807) is 6.07 Å². The van der Waals surface area contributed by atoms with Crippen molar-refractivity contribution in [1.82, 2.24) is 9.78 Å². The Morgan fingerprint density at radius 1 is 1.08 bits per heavy atom. The maximum absolute atomic E-state index is 12.5. The number of nitriles is 1. The molecule has 0 unspecified atom stereocenters. The van der Waals surface area contributed by atoms with Crippen molar-refractivity contribution in [3.8, 4) is 23.1 Å². The zero-order valence-corrected chi connectivity index (χ0v) is 11.8. The quantitative estimate of drug-likeness (QED) is 0.782. The second-order valence-corrected chi connectivity index (χ2v) is 4.70. The number of halogens is 6. The van der Waals surface area contributed by atoms with Gasteiger partial charge in [-0.05, 0) is 30.3 Å². The van der Waals surface area contributed by atoms with Crippen LogP contribution < -0.4 is 4.74 Å². The van der Waals surface area contributed by atoms with Crippen molar-refractivity contribution in [3.05, 3.63) is 36.0 Å². The number of rotatable bonds is 4. The Bertz CT molecular complexity index is 740. The largest absolute Gasteiger partial charge is 0.573 e. The number of hydrogen-bond donors (Lipinski definition) is 0. The van der Waals surface area contributed by atoms with Gasteiger partial charge in [0.2, 0.25) is 0 Å². The Morgan fingerprint density at radius 3 is 2.21 bits per heavy atom. The Labute approximate surface area is 131 Å². The SMILES string of the molecule is N#CCc1cc(-c2ccc(OC(F)(F)F)cc2)nn1CC(F)(F)F. The van der Waals surface area contributed by atoms with Crippen molar-refractivity contribution in [2.24, 2.45) is 0 Å². The monoisotopic (exact) mass is 349 g/mol. The second kappa shape index (κ2) is 6.43. The third kappa shape index (κ3) is 4.91. The summed E-state index contributed by atoms with van der Waals surface area (Å²) in [7, 11) is 0. The minimum absolute atomic E-state index is 0.0560. The van der Waals surface area contributed by atoms with E-state index in [1.165, 1.54) is 18.2 Å². The van der Waals surface area contributed by atoms with Crippen LogP contribution in [0.4, 0.5) is 26.3 Å². The molecule has 1 aromatic carbocycles. The summed E-state index contributed by atoms with van der Waals surface area (Å²) in [6.07, 6.45) is -9.63. The van der Waals surface area contributed by atoms with E-state index in [2.05, 4.69) is 9.84 Å². The fraction of sp³-hybridized carbons (Fsp3) is 0.286. The van der Waals surface area contributed by atoms with Crippen molar-refractivity contribution in [2.45, 2.75) is 25.5 Å². The summed E-state index contributed by atoms with van der Waals surface area (Å²) in [5, 5.41) is 12.4. The molecule has 0 spiro atoms. The number of hydrogen-bond acceptors (Lipinski definition) is 3. The smallest absolute Gasteiger partial charge is 0.406 e. The van der Waals surface area contributed by atoms with E-state index in [9.17, 15) is 26.3 Å². The summed E-state index contributed by atoms with van der Waals surface area (Å²) >= 11 is 0. The first-order valence-corrected chi connectivity index (χ1v) is 6.44. The van der Waals surface area contributed by atoms with E-state index in [0.717, 1.165) is 12.1 Å². The molecule has 0 aliphatic heterocycles. The molecule has 0 aliphatic carbocycles. The van der Waals surface area contributed by atoms with Crippen LogP contribution in [0.3, 0.4) is 0 Å². The third-order valence-electron chi connectivity index (χ3n) is 2.84. The summed E-state index contributed by atoms with van der Waals surface area (Å²) in [6, 6.07) is 7.54. The molecule has 2 rings (SSSR count). The fourth-order valence-electron chi connectivity index (χ4n) is 1.95. The lowest BCUT2D eigenvalue weighted by Gasteiger charge is -2.09. The molecule has 0 N–H and O–H groups in total. The van der Waals surface area contributed by atoms with Crippen LogP contribution in [0.5, 0.6) is 5.75 Å². The number of nitrogens with zero attached hydrogens (tertiary/aromatic N) is 3. The van der Waals surface area contributed by atoms with E-state index in [0.29, 0.717) is 10.2 Å². The van der Waals surface area contributed by atoms with Crippen LogP contribution in [-0.4, -0.2) is 22.3 Å². The molecule has 1 heterocycles. The molecule has 0 atom stereocenters. The topological polar surface area (TPSA) is 50.8 Å². The summed E-state index contributed by atoms with van der Waals surface area (Å²) in [5.74, 6) is -0.460. The van der Waals surface area contributed by atoms with Crippen molar-refractivity contribution >= 4 is 0 Å². The highest BCUT2D eigenvalue weighted by atomic mass is 19.4. The van der Waals surface area contributed by atoms with Gasteiger partial charge < -0.3 is 4.74 Å². The Hall–Kier alpha value is -2.70. The molecule has 128 valence electrons. The summed E-state index contributed by atoms with van der Waals surface area (Å²) in [4.78, 5) is 0. The Kier molecular flexibility index (Phi) is 4.73. The number of benzene rings is 1. The molecule has 0 saturated heterocycles. The minimum Gasteiger partial charge on any atom is -0.406 e. The number of alkyl halides is 6. The van der Waals surface area contributed by atoms with E-state index in [1.807, 2.05) is 0 Å². The lowest BCUT2D eigenvalue weighted by atomic mass is 10.1. The zero-order chi connectivity index (χ0) is 18.0. The minimum atomic E-state index is -4.84. The molecular weight excluding hydrogens is 340 g/mol. The third-order valence-corrected chi connectivity index (χ3v) is 2.84. The van der Waals surface area contributed by atoms with Crippen LogP contribution in [0.25, 0.3) is 11.3 Å². The summed E-state index contributed by atoms with van der Waals surface area (Å²) < 4.78 is 78.2. The van der Waals surface area contributed by atoms with Gasteiger partial charge >= 0.3 is 12.5 Å². The van der Waals surface area contributed by atoms with Gasteiger partial charge in [-0.1, -0.05) is 0 Å². The first-order valence-electron chi connectivity index (χ1n) is 6.44. The highest BCUT2D eigenvalue weighted by Crippen LogP contribution is 2.27. The summed E-state index contributed by atoms with van der Waals surface area (Å²) in [6.45, 7) is -1.36. The van der Waals surface area contributed by atoms with E-state index < -0.39 is 24.8 Å². The molecule has 4 nitrogen and oxygen atoms in total. The molecule has 0 fully saturated rings. The molecule has 0 saturated carbocycles. The van der Waals surface area contributed by atoms with Crippen molar-refractivity contribution in [1.29, 1.82) is 5.26 Å². The van der Waals surface area contributed by atoms with Gasteiger partial charge in [0, 0.05) is 5.56 Å². The number of aromatic nitrogens is 2. The highest BCUT2D eigenvalue weighted by molar-refractivity contribution is 5.60. The Balaban J connectivity index is 2.28. The van der Waals surface area contributed by atoms with Gasteiger partial charge in [-0.25, -0.2) is 0 Å². The van der Waals surface area contributed by atoms with Crippen LogP contribution in [-0.2, 0) is 13.0 Å². The second-order valence-electron chi connectivity index (χ2n) is 4.70. The van der Waals surface area contributed by atoms with Gasteiger partial charge in [0.15, 0.2) is 0 Å². The van der Waals surface area contributed by atoms with Crippen LogP contribution in [0, 0.1) is 11.3 Å². The van der Waals surface area contributed by atoms with E-state index in [-0.39, 0.29) is 17.8 Å². The van der Waals surface area contributed by atoms with Crippen LogP contribution in [0.15, 0.2) is 30.3 Å². The van der Waals surface area contributed by atoms with Gasteiger partial charge in [-0.3, -0.25) is 4.68 Å². The first-order chi connectivity index (χ1) is 11.1. The average Bonchev–Trinajstić information content (AvgIpc) is 2.79. The summed E-state index contributed by atoms with van der Waals surface area (Å²) in [5.41, 5.74) is 0.466. The van der Waals surface area contributed by atoms with Crippen molar-refractivity contribution in [2.75, 3.05) is 0 Å². The van der Waals surface area contributed by atoms with Gasteiger partial charge in [-0.2, -0.15) is 23.5 Å². The molecule has 24 heavy (non-hydrogen) atoms. The molecule has 0 radical (unpaired) electrons. The fourth-order valence-corrected chi connectivity index (χ4v) is 1.95. The predicted octanol–water partition coefficient (Wildman–Crippen LogP) is 4.08. The molecule has 0 bridgehead atoms. The average molecular weight is 349 g/mol. The van der Waals surface area contributed by atoms with Gasteiger partial charge in [0.25, 0.3) is 0 Å². The van der Waals surface area contributed by atoms with E-state index >= 15 is 0 Å². The van der Waals surface area contributed by atoms with Gasteiger partial charge in [0.05, 0.1) is 23.9 Å². The maximum Gasteiger partial charge on any atom is 0.573 e. The molecule has 0 aliphatic rings. The van der Waals surface area contributed by atoms with Gasteiger partial charge in [-0.15, -0.1) is 13.2 Å². The lowest BCUT2D eigenvalue weighted by Crippen LogP contribution is -2.20. The molecule has 2 aromatic rings. The Morgan fingerprint density at radius 2 is 1.71 bits per heavy atom. The molecule has 10 heteroatoms. The first kappa shape index (κ1) is 17.7. The van der Waals surface area contributed by atoms with Crippen LogP contribution >= 0.6 is 0 Å². The van der Waals surface area contributed by atoms with Crippen molar-refractivity contribution < 1.29 is 31.1 Å². The predicted molar refractivity (Wildman–Crippen MR) is 69.7 cm³/mol. The lowest BCUT2D eigenvalue weighted by molar-refractivity contribution is -0.274. The molecular formula is C14H9F6N3O. The molecule has 0 amide bonds. The van der Waals surface area contributed by atoms with Crippen LogP contribution in [0.2, 0.25) is 0 Å². The maximum atomic E-state index is 12.5. The zero-order valence-electron chi connectivity index (χ0n) is 11.8. The number of ether oxygens (including phenoxy) is 1. The standard InChI is InChI=1S/C14H9F6N3O/c15-13(16,17)8-23-10(5-6-21)7-12(22-23)9-1-3-11(4-2-9)24-14(18,19)20/h1-4,7H,5,8H2. The van der Waals surface area contributed by atoms with E-state index in [4.69, 9.17) is 5.26 Å². The van der Waals surface area contributed by atoms with Gasteiger partial charge in [0.1, 0.15) is 12.3 Å². The molecule has 1 aromatic heterocycles. The van der Waals surface area contributed by atoms with Crippen molar-refractivity contribution in [3.63, 3.8) is 0 Å². The highest BCUT2D eigenvalue weighted by Gasteiger charge is 2.31. The van der Waals surface area contributed by atoms with Crippen LogP contribution in [0.1, 0.15) is 5.69 Å².